The number of carbonyl (C=O) groups is 3. The average molecular weight is 478 g/mol. The van der Waals surface area contributed by atoms with Gasteiger partial charge in [-0.3, -0.25) is 9.59 Å². The minimum atomic E-state index is -1.30. The number of aromatic nitrogens is 1. The first-order valence-electron chi connectivity index (χ1n) is 10.8. The molecular formula is C26H24ClN3O4. The van der Waals surface area contributed by atoms with Gasteiger partial charge in [-0.2, -0.15) is 0 Å². The third-order valence-electron chi connectivity index (χ3n) is 6.51. The van der Waals surface area contributed by atoms with Gasteiger partial charge in [0.25, 0.3) is 11.8 Å². The predicted molar refractivity (Wildman–Crippen MR) is 130 cm³/mol. The van der Waals surface area contributed by atoms with E-state index in [0.717, 1.165) is 16.7 Å². The van der Waals surface area contributed by atoms with Crippen molar-refractivity contribution >= 4 is 35.1 Å². The molecule has 0 bridgehead atoms. The number of benzene rings is 2. The highest BCUT2D eigenvalue weighted by molar-refractivity contribution is 6.33. The Morgan fingerprint density at radius 2 is 1.79 bits per heavy atom. The molecule has 174 valence electrons. The van der Waals surface area contributed by atoms with Gasteiger partial charge < -0.3 is 15.3 Å². The highest BCUT2D eigenvalue weighted by Crippen LogP contribution is 2.36. The van der Waals surface area contributed by atoms with E-state index >= 15 is 0 Å². The van der Waals surface area contributed by atoms with Crippen LogP contribution in [0.25, 0.3) is 11.1 Å². The normalized spacial score (nSPS) is 14.6. The van der Waals surface area contributed by atoms with Gasteiger partial charge in [-0.05, 0) is 59.9 Å². The largest absolute Gasteiger partial charge is 0.479 e. The fourth-order valence-corrected chi connectivity index (χ4v) is 4.23. The molecule has 0 saturated carbocycles. The highest BCUT2D eigenvalue weighted by atomic mass is 35.5. The van der Waals surface area contributed by atoms with Gasteiger partial charge in [-0.25, -0.2) is 9.78 Å². The van der Waals surface area contributed by atoms with Crippen molar-refractivity contribution in [2.75, 3.05) is 5.32 Å². The topological polar surface area (TPSA) is 99.6 Å². The fraction of sp³-hybridized carbons (Fsp3) is 0.231. The Morgan fingerprint density at radius 3 is 2.41 bits per heavy atom. The van der Waals surface area contributed by atoms with E-state index in [4.69, 9.17) is 11.6 Å². The summed E-state index contributed by atoms with van der Waals surface area (Å²) in [5.74, 6) is -1.92. The number of hydrogen-bond acceptors (Lipinski definition) is 4. The molecule has 2 N–H and O–H groups in total. The highest BCUT2D eigenvalue weighted by Gasteiger charge is 2.48. The number of carboxylic acid groups (broad SMARTS) is 1. The molecule has 4 rings (SSSR count). The minimum Gasteiger partial charge on any atom is -0.479 e. The lowest BCUT2D eigenvalue weighted by Gasteiger charge is -2.38. The Bertz CT molecular complexity index is 1290. The average Bonchev–Trinajstić information content (AvgIpc) is 3.15. The van der Waals surface area contributed by atoms with E-state index in [9.17, 15) is 19.5 Å². The van der Waals surface area contributed by atoms with Crippen LogP contribution in [0, 0.1) is 5.92 Å². The van der Waals surface area contributed by atoms with Crippen LogP contribution in [0.15, 0.2) is 60.8 Å². The van der Waals surface area contributed by atoms with Crippen LogP contribution in [0.4, 0.5) is 5.69 Å². The molecule has 1 aromatic heterocycles. The van der Waals surface area contributed by atoms with Crippen LogP contribution >= 0.6 is 11.6 Å². The molecule has 0 aliphatic carbocycles. The summed E-state index contributed by atoms with van der Waals surface area (Å²) in [6.45, 7) is 5.46. The number of aliphatic carboxylic acids is 1. The van der Waals surface area contributed by atoms with Crippen molar-refractivity contribution in [2.24, 2.45) is 5.92 Å². The van der Waals surface area contributed by atoms with Crippen molar-refractivity contribution in [1.82, 2.24) is 9.88 Å². The molecule has 3 aromatic rings. The molecule has 2 aromatic carbocycles. The molecule has 7 nitrogen and oxygen atoms in total. The second kappa shape index (κ2) is 8.91. The molecule has 2 heterocycles. The second-order valence-corrected chi connectivity index (χ2v) is 9.10. The summed E-state index contributed by atoms with van der Waals surface area (Å²) in [5.41, 5.74) is 2.57. The predicted octanol–water partition coefficient (Wildman–Crippen LogP) is 5.11. The Kier molecular flexibility index (Phi) is 6.15. The zero-order valence-corrected chi connectivity index (χ0v) is 19.8. The number of pyridine rings is 1. The zero-order valence-electron chi connectivity index (χ0n) is 19.0. The van der Waals surface area contributed by atoms with Crippen LogP contribution in [0.1, 0.15) is 47.1 Å². The maximum atomic E-state index is 13.2. The number of nitrogens with one attached hydrogen (secondary N) is 1. The molecular weight excluding hydrogens is 454 g/mol. The smallest absolute Gasteiger partial charge is 0.329 e. The monoisotopic (exact) mass is 477 g/mol. The molecule has 0 spiro atoms. The Hall–Kier alpha value is -3.71. The molecule has 2 amide bonds. The summed E-state index contributed by atoms with van der Waals surface area (Å²) >= 11 is 5.99. The Morgan fingerprint density at radius 1 is 1.12 bits per heavy atom. The second-order valence-electron chi connectivity index (χ2n) is 8.74. The van der Waals surface area contributed by atoms with Gasteiger partial charge in [0.05, 0.1) is 5.56 Å². The number of anilines is 1. The summed E-state index contributed by atoms with van der Waals surface area (Å²) < 4.78 is 0. The van der Waals surface area contributed by atoms with Gasteiger partial charge >= 0.3 is 5.97 Å². The first-order valence-corrected chi connectivity index (χ1v) is 11.2. The zero-order chi connectivity index (χ0) is 24.6. The van der Waals surface area contributed by atoms with E-state index in [1.54, 1.807) is 51.1 Å². The lowest BCUT2D eigenvalue weighted by atomic mass is 9.86. The Balaban J connectivity index is 1.55. The van der Waals surface area contributed by atoms with Crippen LogP contribution in [-0.4, -0.2) is 38.3 Å². The number of fused-ring (bicyclic) bond motifs is 1. The number of halogens is 1. The van der Waals surface area contributed by atoms with E-state index in [0.29, 0.717) is 11.3 Å². The lowest BCUT2D eigenvalue weighted by molar-refractivity contribution is -0.151. The third kappa shape index (κ3) is 4.03. The van der Waals surface area contributed by atoms with Gasteiger partial charge in [0.15, 0.2) is 0 Å². The molecule has 0 saturated heterocycles. The fourth-order valence-electron chi connectivity index (χ4n) is 4.03. The van der Waals surface area contributed by atoms with Crippen molar-refractivity contribution in [2.45, 2.75) is 32.9 Å². The number of rotatable bonds is 6. The number of carbonyl (C=O) groups excluding carboxylic acids is 2. The van der Waals surface area contributed by atoms with Gasteiger partial charge in [-0.15, -0.1) is 0 Å². The molecule has 0 fully saturated rings. The van der Waals surface area contributed by atoms with E-state index in [2.05, 4.69) is 10.3 Å². The van der Waals surface area contributed by atoms with E-state index in [1.165, 1.54) is 11.1 Å². The molecule has 0 radical (unpaired) electrons. The summed E-state index contributed by atoms with van der Waals surface area (Å²) in [4.78, 5) is 43.0. The van der Waals surface area contributed by atoms with Crippen LogP contribution in [0.2, 0.25) is 5.15 Å². The minimum absolute atomic E-state index is 0.130. The molecule has 1 aliphatic heterocycles. The van der Waals surface area contributed by atoms with Gasteiger partial charge in [0.1, 0.15) is 10.7 Å². The molecule has 34 heavy (non-hydrogen) atoms. The van der Waals surface area contributed by atoms with E-state index < -0.39 is 11.5 Å². The van der Waals surface area contributed by atoms with Crippen LogP contribution in [0.5, 0.6) is 0 Å². The standard InChI is InChI=1S/C26H24ClN3O4/c1-15(2)26(3,25(33)34)30-14-18-7-6-17(13-21(18)24(30)32)16-8-10-19(11-9-16)29-23(31)20-5-4-12-28-22(20)27/h4-13,15H,14H2,1-3H3,(H,29,31)(H,33,34)/t26-/m0/s1. The summed E-state index contributed by atoms with van der Waals surface area (Å²) in [6.07, 6.45) is 1.51. The van der Waals surface area contributed by atoms with E-state index in [-0.39, 0.29) is 35.0 Å². The van der Waals surface area contributed by atoms with Crippen LogP contribution in [-0.2, 0) is 11.3 Å². The van der Waals surface area contributed by atoms with Crippen molar-refractivity contribution < 1.29 is 19.5 Å². The quantitative estimate of drug-likeness (QED) is 0.480. The van der Waals surface area contributed by atoms with E-state index in [1.807, 2.05) is 24.3 Å². The number of hydrogen-bond donors (Lipinski definition) is 2. The van der Waals surface area contributed by atoms with Crippen molar-refractivity contribution in [3.05, 3.63) is 82.6 Å². The summed E-state index contributed by atoms with van der Waals surface area (Å²) in [6, 6.07) is 16.0. The van der Waals surface area contributed by atoms with Gasteiger partial charge in [0.2, 0.25) is 0 Å². The van der Waals surface area contributed by atoms with Crippen molar-refractivity contribution in [3.63, 3.8) is 0 Å². The molecule has 8 heteroatoms. The third-order valence-corrected chi connectivity index (χ3v) is 6.81. The van der Waals surface area contributed by atoms with Crippen LogP contribution < -0.4 is 5.32 Å². The van der Waals surface area contributed by atoms with Crippen LogP contribution in [0.3, 0.4) is 0 Å². The Labute approximate surface area is 202 Å². The van der Waals surface area contributed by atoms with Crippen molar-refractivity contribution in [3.8, 4) is 11.1 Å². The maximum absolute atomic E-state index is 13.2. The van der Waals surface area contributed by atoms with Gasteiger partial charge in [0, 0.05) is 24.0 Å². The first-order chi connectivity index (χ1) is 16.1. The van der Waals surface area contributed by atoms with Crippen molar-refractivity contribution in [1.29, 1.82) is 0 Å². The summed E-state index contributed by atoms with van der Waals surface area (Å²) in [7, 11) is 0. The van der Waals surface area contributed by atoms with Gasteiger partial charge in [-0.1, -0.05) is 49.7 Å². The molecule has 0 unspecified atom stereocenters. The first kappa shape index (κ1) is 23.4. The SMILES string of the molecule is CC(C)[C@@](C)(C(=O)O)N1Cc2ccc(-c3ccc(NC(=O)c4cccnc4Cl)cc3)cc2C1=O. The molecule has 1 atom stereocenters. The lowest BCUT2D eigenvalue weighted by Crippen LogP contribution is -2.56. The maximum Gasteiger partial charge on any atom is 0.329 e. The number of carboxylic acids is 1. The summed E-state index contributed by atoms with van der Waals surface area (Å²) in [5, 5.41) is 12.8. The number of amides is 2. The molecule has 1 aliphatic rings. The number of nitrogens with zero attached hydrogens (tertiary/aromatic N) is 2.